The summed E-state index contributed by atoms with van der Waals surface area (Å²) in [7, 11) is 1.42. The summed E-state index contributed by atoms with van der Waals surface area (Å²) in [5.74, 6) is -1.37. The third-order valence-electron chi connectivity index (χ3n) is 1.51. The van der Waals surface area contributed by atoms with Crippen LogP contribution in [0.1, 0.15) is 13.3 Å². The second-order valence-electron chi connectivity index (χ2n) is 2.60. The number of carbonyl (C=O) groups excluding carboxylic acids is 1. The maximum absolute atomic E-state index is 11.1. The van der Waals surface area contributed by atoms with E-state index in [0.717, 1.165) is 4.90 Å². The van der Waals surface area contributed by atoms with Crippen LogP contribution in [0.2, 0.25) is 0 Å². The number of rotatable bonds is 4. The van der Waals surface area contributed by atoms with Gasteiger partial charge in [-0.25, -0.2) is 0 Å². The molecule has 0 spiro atoms. The van der Waals surface area contributed by atoms with Crippen molar-refractivity contribution in [2.24, 2.45) is 5.73 Å². The van der Waals surface area contributed by atoms with Crippen molar-refractivity contribution in [2.45, 2.75) is 19.4 Å². The van der Waals surface area contributed by atoms with Gasteiger partial charge in [0.25, 0.3) is 0 Å². The number of amides is 1. The Balaban J connectivity index is 4.01. The third kappa shape index (κ3) is 3.34. The molecule has 0 aromatic carbocycles. The third-order valence-corrected chi connectivity index (χ3v) is 1.51. The van der Waals surface area contributed by atoms with Gasteiger partial charge in [0, 0.05) is 7.05 Å². The molecule has 0 saturated carbocycles. The van der Waals surface area contributed by atoms with E-state index in [2.05, 4.69) is 0 Å². The molecular weight excluding hydrogens is 160 g/mol. The summed E-state index contributed by atoms with van der Waals surface area (Å²) < 4.78 is 0. The van der Waals surface area contributed by atoms with Crippen molar-refractivity contribution < 1.29 is 14.7 Å². The first kappa shape index (κ1) is 10.9. The van der Waals surface area contributed by atoms with Crippen LogP contribution in [0.4, 0.5) is 0 Å². The molecule has 0 aliphatic heterocycles. The van der Waals surface area contributed by atoms with E-state index >= 15 is 0 Å². The first-order valence-electron chi connectivity index (χ1n) is 3.71. The van der Waals surface area contributed by atoms with Gasteiger partial charge < -0.3 is 15.7 Å². The molecule has 0 aromatic heterocycles. The van der Waals surface area contributed by atoms with Gasteiger partial charge in [0.2, 0.25) is 5.91 Å². The fourth-order valence-electron chi connectivity index (χ4n) is 0.739. The predicted octanol–water partition coefficient (Wildman–Crippen LogP) is -0.733. The van der Waals surface area contributed by atoms with E-state index in [0.29, 0.717) is 6.42 Å². The molecule has 0 heterocycles. The molecule has 12 heavy (non-hydrogen) atoms. The minimum atomic E-state index is -1.03. The molecule has 0 radical (unpaired) electrons. The summed E-state index contributed by atoms with van der Waals surface area (Å²) in [6.45, 7) is 1.48. The molecule has 70 valence electrons. The van der Waals surface area contributed by atoms with Crippen LogP contribution in [0.15, 0.2) is 0 Å². The van der Waals surface area contributed by atoms with Crippen LogP contribution in [0.3, 0.4) is 0 Å². The maximum atomic E-state index is 11.1. The van der Waals surface area contributed by atoms with Crippen molar-refractivity contribution in [1.29, 1.82) is 0 Å². The quantitative estimate of drug-likeness (QED) is 0.588. The highest BCUT2D eigenvalue weighted by Gasteiger charge is 2.17. The molecule has 0 fully saturated rings. The topological polar surface area (TPSA) is 83.6 Å². The number of nitrogens with two attached hydrogens (primary N) is 1. The minimum absolute atomic E-state index is 0.299. The maximum Gasteiger partial charge on any atom is 0.323 e. The largest absolute Gasteiger partial charge is 0.480 e. The number of hydrogen-bond acceptors (Lipinski definition) is 3. The van der Waals surface area contributed by atoms with Gasteiger partial charge in [-0.05, 0) is 6.42 Å². The number of likely N-dealkylation sites (N-methyl/N-ethyl adjacent to an activating group) is 1. The number of aliphatic carboxylic acids is 1. The Hall–Kier alpha value is -1.10. The molecule has 1 atom stereocenters. The molecule has 0 unspecified atom stereocenters. The molecule has 3 N–H and O–H groups in total. The van der Waals surface area contributed by atoms with Gasteiger partial charge >= 0.3 is 5.97 Å². The van der Waals surface area contributed by atoms with Crippen LogP contribution < -0.4 is 5.73 Å². The Labute approximate surface area is 71.1 Å². The van der Waals surface area contributed by atoms with Crippen molar-refractivity contribution in [1.82, 2.24) is 4.90 Å². The van der Waals surface area contributed by atoms with Crippen LogP contribution in [-0.2, 0) is 9.59 Å². The van der Waals surface area contributed by atoms with Crippen molar-refractivity contribution in [2.75, 3.05) is 13.6 Å². The zero-order chi connectivity index (χ0) is 9.72. The molecule has 0 aromatic rings. The molecule has 5 nitrogen and oxygen atoms in total. The minimum Gasteiger partial charge on any atom is -0.480 e. The van der Waals surface area contributed by atoms with E-state index in [-0.39, 0.29) is 12.5 Å². The molecule has 1 amide bonds. The van der Waals surface area contributed by atoms with E-state index in [4.69, 9.17) is 10.8 Å². The highest BCUT2D eigenvalue weighted by Crippen LogP contribution is 1.93. The fraction of sp³-hybridized carbons (Fsp3) is 0.714. The lowest BCUT2D eigenvalue weighted by Crippen LogP contribution is -2.43. The smallest absolute Gasteiger partial charge is 0.323 e. The van der Waals surface area contributed by atoms with E-state index < -0.39 is 12.0 Å². The second kappa shape index (κ2) is 4.71. The Kier molecular flexibility index (Phi) is 4.28. The standard InChI is InChI=1S/C7H14N2O3/c1-3-5(8)7(12)9(2)4-6(10)11/h5H,3-4,8H2,1-2H3,(H,10,11)/t5-/m1/s1. The van der Waals surface area contributed by atoms with Crippen LogP contribution in [0.5, 0.6) is 0 Å². The first-order valence-corrected chi connectivity index (χ1v) is 3.71. The van der Waals surface area contributed by atoms with Gasteiger partial charge in [0.15, 0.2) is 0 Å². The van der Waals surface area contributed by atoms with Crippen molar-refractivity contribution in [3.05, 3.63) is 0 Å². The highest BCUT2D eigenvalue weighted by molar-refractivity contribution is 5.84. The van der Waals surface area contributed by atoms with E-state index in [1.54, 1.807) is 6.92 Å². The lowest BCUT2D eigenvalue weighted by molar-refractivity contribution is -0.143. The summed E-state index contributed by atoms with van der Waals surface area (Å²) in [5, 5.41) is 8.35. The van der Waals surface area contributed by atoms with Gasteiger partial charge in [-0.2, -0.15) is 0 Å². The van der Waals surface area contributed by atoms with Gasteiger partial charge in [-0.1, -0.05) is 6.92 Å². The van der Waals surface area contributed by atoms with Gasteiger partial charge in [-0.3, -0.25) is 9.59 Å². The number of carboxylic acids is 1. The van der Waals surface area contributed by atoms with Crippen molar-refractivity contribution in [3.8, 4) is 0 Å². The van der Waals surface area contributed by atoms with E-state index in [1.807, 2.05) is 0 Å². The highest BCUT2D eigenvalue weighted by atomic mass is 16.4. The van der Waals surface area contributed by atoms with E-state index in [1.165, 1.54) is 7.05 Å². The number of hydrogen-bond donors (Lipinski definition) is 2. The summed E-state index contributed by atoms with van der Waals surface area (Å²) in [6.07, 6.45) is 0.517. The molecule has 5 heteroatoms. The summed E-state index contributed by atoms with van der Waals surface area (Å²) in [5.41, 5.74) is 5.41. The predicted molar refractivity (Wildman–Crippen MR) is 43.5 cm³/mol. The Bertz CT molecular complexity index is 181. The van der Waals surface area contributed by atoms with Crippen LogP contribution in [0, 0.1) is 0 Å². The molecule has 0 saturated heterocycles. The Morgan fingerprint density at radius 3 is 2.42 bits per heavy atom. The van der Waals surface area contributed by atoms with Gasteiger partial charge in [0.1, 0.15) is 6.54 Å². The average Bonchev–Trinajstić information content (AvgIpc) is 2.00. The molecule has 0 aliphatic carbocycles. The van der Waals surface area contributed by atoms with Crippen LogP contribution in [-0.4, -0.2) is 41.5 Å². The molecule has 0 bridgehead atoms. The lowest BCUT2D eigenvalue weighted by Gasteiger charge is -2.17. The molecular formula is C7H14N2O3. The fourth-order valence-corrected chi connectivity index (χ4v) is 0.739. The SMILES string of the molecule is CC[C@@H](N)C(=O)N(C)CC(=O)O. The molecule has 0 aliphatic rings. The number of carbonyl (C=O) groups is 2. The monoisotopic (exact) mass is 174 g/mol. The normalized spacial score (nSPS) is 12.2. The Morgan fingerprint density at radius 1 is 1.58 bits per heavy atom. The zero-order valence-electron chi connectivity index (χ0n) is 7.28. The van der Waals surface area contributed by atoms with Gasteiger partial charge in [0.05, 0.1) is 6.04 Å². The first-order chi connectivity index (χ1) is 5.49. The zero-order valence-corrected chi connectivity index (χ0v) is 7.28. The summed E-state index contributed by atoms with van der Waals surface area (Å²) in [4.78, 5) is 22.4. The average molecular weight is 174 g/mol. The Morgan fingerprint density at radius 2 is 2.08 bits per heavy atom. The number of nitrogens with zero attached hydrogens (tertiary/aromatic N) is 1. The van der Waals surface area contributed by atoms with Crippen LogP contribution in [0.25, 0.3) is 0 Å². The van der Waals surface area contributed by atoms with Gasteiger partial charge in [-0.15, -0.1) is 0 Å². The second-order valence-corrected chi connectivity index (χ2v) is 2.60. The van der Waals surface area contributed by atoms with Crippen molar-refractivity contribution in [3.63, 3.8) is 0 Å². The summed E-state index contributed by atoms with van der Waals surface area (Å²) >= 11 is 0. The van der Waals surface area contributed by atoms with Crippen molar-refractivity contribution >= 4 is 11.9 Å². The lowest BCUT2D eigenvalue weighted by atomic mass is 10.2. The van der Waals surface area contributed by atoms with E-state index in [9.17, 15) is 9.59 Å². The number of carboxylic acid groups (broad SMARTS) is 1. The van der Waals surface area contributed by atoms with Crippen LogP contribution >= 0.6 is 0 Å². The molecule has 0 rings (SSSR count). The summed E-state index contributed by atoms with van der Waals surface area (Å²) in [6, 6.07) is -0.589.